The van der Waals surface area contributed by atoms with E-state index in [2.05, 4.69) is 66.6 Å². The standard InChI is InChI=1S/C18H25N3/c1-5-17-16(11-14(4)20-21-17)18(19-6-2)12-15-9-7-8-13(3)10-15/h7-11,18-19H,5-6,12H2,1-4H3. The number of nitrogens with zero attached hydrogens (tertiary/aromatic N) is 2. The molecule has 0 aliphatic rings. The number of likely N-dealkylation sites (N-methyl/N-ethyl adjacent to an activating group) is 1. The molecule has 0 saturated heterocycles. The first-order chi connectivity index (χ1) is 10.1. The third-order valence-electron chi connectivity index (χ3n) is 3.71. The first-order valence-electron chi connectivity index (χ1n) is 7.76. The maximum atomic E-state index is 4.37. The molecule has 0 fully saturated rings. The molecule has 1 aromatic heterocycles. The number of rotatable bonds is 6. The second kappa shape index (κ2) is 7.32. The van der Waals surface area contributed by atoms with Crippen molar-refractivity contribution in [3.63, 3.8) is 0 Å². The summed E-state index contributed by atoms with van der Waals surface area (Å²) < 4.78 is 0. The Morgan fingerprint density at radius 1 is 1.10 bits per heavy atom. The quantitative estimate of drug-likeness (QED) is 0.881. The minimum atomic E-state index is 0.293. The average molecular weight is 283 g/mol. The van der Waals surface area contributed by atoms with Crippen molar-refractivity contribution >= 4 is 0 Å². The fourth-order valence-corrected chi connectivity index (χ4v) is 2.72. The van der Waals surface area contributed by atoms with E-state index in [4.69, 9.17) is 0 Å². The Kier molecular flexibility index (Phi) is 5.45. The van der Waals surface area contributed by atoms with E-state index in [1.807, 2.05) is 6.92 Å². The second-order valence-electron chi connectivity index (χ2n) is 5.54. The molecule has 0 spiro atoms. The summed E-state index contributed by atoms with van der Waals surface area (Å²) in [5.74, 6) is 0. The third-order valence-corrected chi connectivity index (χ3v) is 3.71. The molecule has 21 heavy (non-hydrogen) atoms. The minimum absolute atomic E-state index is 0.293. The van der Waals surface area contributed by atoms with E-state index in [0.29, 0.717) is 6.04 Å². The van der Waals surface area contributed by atoms with Gasteiger partial charge >= 0.3 is 0 Å². The molecule has 0 bridgehead atoms. The van der Waals surface area contributed by atoms with E-state index >= 15 is 0 Å². The molecule has 1 atom stereocenters. The molecular formula is C18H25N3. The normalized spacial score (nSPS) is 12.4. The number of hydrogen-bond acceptors (Lipinski definition) is 3. The van der Waals surface area contributed by atoms with Crippen LogP contribution in [0.1, 0.15) is 48.0 Å². The predicted molar refractivity (Wildman–Crippen MR) is 87.4 cm³/mol. The van der Waals surface area contributed by atoms with Gasteiger partial charge in [0, 0.05) is 6.04 Å². The first kappa shape index (κ1) is 15.6. The number of aryl methyl sites for hydroxylation is 3. The van der Waals surface area contributed by atoms with Crippen LogP contribution in [0.4, 0.5) is 0 Å². The molecule has 0 amide bonds. The van der Waals surface area contributed by atoms with Crippen molar-refractivity contribution in [3.05, 3.63) is 58.4 Å². The van der Waals surface area contributed by atoms with E-state index < -0.39 is 0 Å². The minimum Gasteiger partial charge on any atom is -0.310 e. The summed E-state index contributed by atoms with van der Waals surface area (Å²) in [5.41, 5.74) is 6.03. The molecule has 1 heterocycles. The van der Waals surface area contributed by atoms with Crippen LogP contribution in [0.15, 0.2) is 30.3 Å². The molecule has 0 saturated carbocycles. The van der Waals surface area contributed by atoms with Crippen LogP contribution in [-0.4, -0.2) is 16.7 Å². The fourth-order valence-electron chi connectivity index (χ4n) is 2.72. The zero-order valence-corrected chi connectivity index (χ0v) is 13.5. The molecule has 0 aliphatic heterocycles. The van der Waals surface area contributed by atoms with Gasteiger partial charge in [0.25, 0.3) is 0 Å². The molecule has 3 heteroatoms. The summed E-state index contributed by atoms with van der Waals surface area (Å²) in [6, 6.07) is 11.2. The highest BCUT2D eigenvalue weighted by Gasteiger charge is 2.16. The van der Waals surface area contributed by atoms with Gasteiger partial charge in [0.15, 0.2) is 0 Å². The topological polar surface area (TPSA) is 37.8 Å². The van der Waals surface area contributed by atoms with Gasteiger partial charge in [0.2, 0.25) is 0 Å². The van der Waals surface area contributed by atoms with E-state index in [-0.39, 0.29) is 0 Å². The van der Waals surface area contributed by atoms with Gasteiger partial charge in [-0.1, -0.05) is 43.7 Å². The van der Waals surface area contributed by atoms with E-state index in [9.17, 15) is 0 Å². The molecule has 1 unspecified atom stereocenters. The first-order valence-corrected chi connectivity index (χ1v) is 7.76. The predicted octanol–water partition coefficient (Wildman–Crippen LogP) is 3.55. The van der Waals surface area contributed by atoms with Crippen LogP contribution in [-0.2, 0) is 12.8 Å². The van der Waals surface area contributed by atoms with E-state index in [1.54, 1.807) is 0 Å². The second-order valence-corrected chi connectivity index (χ2v) is 5.54. The van der Waals surface area contributed by atoms with Gasteiger partial charge in [-0.15, -0.1) is 0 Å². The molecule has 112 valence electrons. The molecule has 1 N–H and O–H groups in total. The Morgan fingerprint density at radius 2 is 1.90 bits per heavy atom. The van der Waals surface area contributed by atoms with Crippen LogP contribution in [0.2, 0.25) is 0 Å². The van der Waals surface area contributed by atoms with Crippen LogP contribution >= 0.6 is 0 Å². The summed E-state index contributed by atoms with van der Waals surface area (Å²) >= 11 is 0. The van der Waals surface area contributed by atoms with Gasteiger partial charge in [0.1, 0.15) is 0 Å². The number of aromatic nitrogens is 2. The fraction of sp³-hybridized carbons (Fsp3) is 0.444. The largest absolute Gasteiger partial charge is 0.310 e. The van der Waals surface area contributed by atoms with E-state index in [1.165, 1.54) is 16.7 Å². The molecule has 3 nitrogen and oxygen atoms in total. The molecular weight excluding hydrogens is 258 g/mol. The Labute approximate surface area is 127 Å². The molecule has 1 aromatic carbocycles. The molecule has 2 rings (SSSR count). The van der Waals surface area contributed by atoms with Crippen LogP contribution in [0.5, 0.6) is 0 Å². The zero-order valence-electron chi connectivity index (χ0n) is 13.5. The lowest BCUT2D eigenvalue weighted by atomic mass is 9.96. The van der Waals surface area contributed by atoms with Gasteiger partial charge in [-0.25, -0.2) is 0 Å². The van der Waals surface area contributed by atoms with Gasteiger partial charge in [0.05, 0.1) is 11.4 Å². The maximum Gasteiger partial charge on any atom is 0.0676 e. The zero-order chi connectivity index (χ0) is 15.2. The van der Waals surface area contributed by atoms with Crippen molar-refractivity contribution < 1.29 is 0 Å². The van der Waals surface area contributed by atoms with Gasteiger partial charge < -0.3 is 5.32 Å². The highest BCUT2D eigenvalue weighted by Crippen LogP contribution is 2.22. The van der Waals surface area contributed by atoms with Crippen molar-refractivity contribution in [1.29, 1.82) is 0 Å². The van der Waals surface area contributed by atoms with Crippen molar-refractivity contribution in [2.75, 3.05) is 6.54 Å². The van der Waals surface area contributed by atoms with Crippen molar-refractivity contribution in [3.8, 4) is 0 Å². The number of nitrogens with one attached hydrogen (secondary N) is 1. The van der Waals surface area contributed by atoms with Crippen LogP contribution in [0.25, 0.3) is 0 Å². The SMILES string of the molecule is CCNC(Cc1cccc(C)c1)c1cc(C)nnc1CC. The number of benzene rings is 1. The molecule has 0 aliphatic carbocycles. The summed E-state index contributed by atoms with van der Waals surface area (Å²) in [4.78, 5) is 0. The Hall–Kier alpha value is -1.74. The average Bonchev–Trinajstić information content (AvgIpc) is 2.47. The Morgan fingerprint density at radius 3 is 2.57 bits per heavy atom. The summed E-state index contributed by atoms with van der Waals surface area (Å²) in [5, 5.41) is 12.2. The van der Waals surface area contributed by atoms with Gasteiger partial charge in [-0.05, 0) is 50.4 Å². The lowest BCUT2D eigenvalue weighted by Crippen LogP contribution is -2.25. The highest BCUT2D eigenvalue weighted by molar-refractivity contribution is 5.29. The molecule has 0 radical (unpaired) electrons. The summed E-state index contributed by atoms with van der Waals surface area (Å²) in [6.07, 6.45) is 1.89. The van der Waals surface area contributed by atoms with Gasteiger partial charge in [-0.3, -0.25) is 0 Å². The van der Waals surface area contributed by atoms with E-state index in [0.717, 1.165) is 30.8 Å². The van der Waals surface area contributed by atoms with Crippen LogP contribution in [0, 0.1) is 13.8 Å². The third kappa shape index (κ3) is 4.11. The monoisotopic (exact) mass is 283 g/mol. The van der Waals surface area contributed by atoms with Crippen LogP contribution < -0.4 is 5.32 Å². The lowest BCUT2D eigenvalue weighted by molar-refractivity contribution is 0.540. The number of hydrogen-bond donors (Lipinski definition) is 1. The highest BCUT2D eigenvalue weighted by atomic mass is 15.1. The van der Waals surface area contributed by atoms with Gasteiger partial charge in [-0.2, -0.15) is 10.2 Å². The summed E-state index contributed by atoms with van der Waals surface area (Å²) in [7, 11) is 0. The smallest absolute Gasteiger partial charge is 0.0676 e. The van der Waals surface area contributed by atoms with Crippen molar-refractivity contribution in [2.24, 2.45) is 0 Å². The molecule has 2 aromatic rings. The Balaban J connectivity index is 2.32. The lowest BCUT2D eigenvalue weighted by Gasteiger charge is -2.21. The maximum absolute atomic E-state index is 4.37. The van der Waals surface area contributed by atoms with Crippen molar-refractivity contribution in [2.45, 2.75) is 46.6 Å². The Bertz CT molecular complexity index is 593. The summed E-state index contributed by atoms with van der Waals surface area (Å²) in [6.45, 7) is 9.38. The van der Waals surface area contributed by atoms with Crippen LogP contribution in [0.3, 0.4) is 0 Å². The van der Waals surface area contributed by atoms with Crippen molar-refractivity contribution in [1.82, 2.24) is 15.5 Å².